The Balaban J connectivity index is 1.77. The Hall–Kier alpha value is -2.11. The normalized spacial score (nSPS) is 17.7. The van der Waals surface area contributed by atoms with Gasteiger partial charge in [-0.05, 0) is 36.5 Å². The maximum atomic E-state index is 12.8. The first-order valence-electron chi connectivity index (χ1n) is 8.12. The quantitative estimate of drug-likeness (QED) is 0.874. The van der Waals surface area contributed by atoms with Crippen LogP contribution in [0.1, 0.15) is 31.7 Å². The molecule has 5 nitrogen and oxygen atoms in total. The van der Waals surface area contributed by atoms with Gasteiger partial charge in [-0.2, -0.15) is 0 Å². The average molecular weight is 321 g/mol. The van der Waals surface area contributed by atoms with Crippen molar-refractivity contribution in [2.75, 3.05) is 19.6 Å². The third-order valence-corrected chi connectivity index (χ3v) is 4.07. The lowest BCUT2D eigenvalue weighted by molar-refractivity contribution is -0.121. The van der Waals surface area contributed by atoms with E-state index in [0.717, 1.165) is 24.9 Å². The van der Waals surface area contributed by atoms with Crippen LogP contribution in [0.3, 0.4) is 0 Å². The van der Waals surface area contributed by atoms with E-state index in [-0.39, 0.29) is 17.8 Å². The number of nitrogens with one attached hydrogen (secondary N) is 2. The Morgan fingerprint density at radius 3 is 2.70 bits per heavy atom. The Morgan fingerprint density at radius 2 is 2.00 bits per heavy atom. The minimum absolute atomic E-state index is 0.0443. The molecule has 0 aliphatic carbocycles. The maximum Gasteiger partial charge on any atom is 0.317 e. The molecule has 2 N–H and O–H groups in total. The first kappa shape index (κ1) is 17.2. The lowest BCUT2D eigenvalue weighted by Gasteiger charge is -2.32. The molecule has 1 atom stereocenters. The number of piperidine rings is 1. The first-order valence-corrected chi connectivity index (χ1v) is 8.12. The van der Waals surface area contributed by atoms with Crippen LogP contribution in [0.2, 0.25) is 0 Å². The summed E-state index contributed by atoms with van der Waals surface area (Å²) in [5, 5.41) is 5.75. The van der Waals surface area contributed by atoms with E-state index in [1.807, 2.05) is 6.92 Å². The van der Waals surface area contributed by atoms with Gasteiger partial charge >= 0.3 is 6.03 Å². The van der Waals surface area contributed by atoms with Crippen molar-refractivity contribution >= 4 is 11.9 Å². The van der Waals surface area contributed by atoms with Crippen molar-refractivity contribution in [3.05, 3.63) is 35.6 Å². The van der Waals surface area contributed by atoms with Gasteiger partial charge in [0.25, 0.3) is 0 Å². The van der Waals surface area contributed by atoms with E-state index in [1.165, 1.54) is 12.1 Å². The predicted molar refractivity (Wildman–Crippen MR) is 86.2 cm³/mol. The molecule has 1 heterocycles. The average Bonchev–Trinajstić information content (AvgIpc) is 2.59. The fraction of sp³-hybridized carbons (Fsp3) is 0.529. The van der Waals surface area contributed by atoms with Crippen LogP contribution in [0.25, 0.3) is 0 Å². The number of carbonyl (C=O) groups is 2. The zero-order valence-corrected chi connectivity index (χ0v) is 13.5. The molecule has 6 heteroatoms. The molecule has 0 unspecified atom stereocenters. The van der Waals surface area contributed by atoms with Gasteiger partial charge < -0.3 is 15.5 Å². The summed E-state index contributed by atoms with van der Waals surface area (Å²) in [5.41, 5.74) is 0.864. The molecule has 1 aliphatic heterocycles. The summed E-state index contributed by atoms with van der Waals surface area (Å²) < 4.78 is 12.8. The summed E-state index contributed by atoms with van der Waals surface area (Å²) in [6.07, 6.45) is 2.44. The summed E-state index contributed by atoms with van der Waals surface area (Å²) in [5.74, 6) is 0.0618. The molecule has 1 fully saturated rings. The third-order valence-electron chi connectivity index (χ3n) is 4.07. The highest BCUT2D eigenvalue weighted by Crippen LogP contribution is 2.16. The van der Waals surface area contributed by atoms with Gasteiger partial charge in [0, 0.05) is 32.6 Å². The number of halogens is 1. The lowest BCUT2D eigenvalue weighted by Crippen LogP contribution is -2.47. The number of hydrogen-bond donors (Lipinski definition) is 2. The van der Waals surface area contributed by atoms with Crippen molar-refractivity contribution in [2.24, 2.45) is 5.92 Å². The molecule has 0 radical (unpaired) electrons. The predicted octanol–water partition coefficient (Wildman–Crippen LogP) is 2.27. The van der Waals surface area contributed by atoms with Gasteiger partial charge in [-0.15, -0.1) is 0 Å². The van der Waals surface area contributed by atoms with E-state index >= 15 is 0 Å². The Bertz CT molecular complexity index is 533. The van der Waals surface area contributed by atoms with Crippen LogP contribution in [0, 0.1) is 11.7 Å². The number of urea groups is 1. The van der Waals surface area contributed by atoms with Crippen molar-refractivity contribution in [1.29, 1.82) is 0 Å². The molecular formula is C17H24FN3O2. The fourth-order valence-electron chi connectivity index (χ4n) is 2.69. The van der Waals surface area contributed by atoms with Crippen LogP contribution in [-0.4, -0.2) is 36.5 Å². The second-order valence-electron chi connectivity index (χ2n) is 5.90. The monoisotopic (exact) mass is 321 g/mol. The highest BCUT2D eigenvalue weighted by atomic mass is 19.1. The standard InChI is InChI=1S/C17H24FN3O2/c1-2-16(22)19-11-14-4-3-9-21(12-14)17(23)20-10-13-5-7-15(18)8-6-13/h5-8,14H,2-4,9-12H2,1H3,(H,19,22)(H,20,23)/t14-/m0/s1. The largest absolute Gasteiger partial charge is 0.356 e. The van der Waals surface area contributed by atoms with Crippen LogP contribution in [0.5, 0.6) is 0 Å². The molecule has 1 aromatic carbocycles. The van der Waals surface area contributed by atoms with Gasteiger partial charge in [-0.3, -0.25) is 4.79 Å². The Labute approximate surface area is 136 Å². The minimum atomic E-state index is -0.284. The topological polar surface area (TPSA) is 61.4 Å². The van der Waals surface area contributed by atoms with Crippen molar-refractivity contribution in [3.8, 4) is 0 Å². The van der Waals surface area contributed by atoms with Crippen molar-refractivity contribution in [1.82, 2.24) is 15.5 Å². The van der Waals surface area contributed by atoms with E-state index < -0.39 is 0 Å². The van der Waals surface area contributed by atoms with Gasteiger partial charge in [0.2, 0.25) is 5.91 Å². The fourth-order valence-corrected chi connectivity index (χ4v) is 2.69. The molecule has 0 spiro atoms. The van der Waals surface area contributed by atoms with Crippen molar-refractivity contribution < 1.29 is 14.0 Å². The SMILES string of the molecule is CCC(=O)NC[C@@H]1CCCN(C(=O)NCc2ccc(F)cc2)C1. The number of likely N-dealkylation sites (tertiary alicyclic amines) is 1. The summed E-state index contributed by atoms with van der Waals surface area (Å²) in [7, 11) is 0. The molecule has 2 rings (SSSR count). The Morgan fingerprint density at radius 1 is 1.26 bits per heavy atom. The molecule has 23 heavy (non-hydrogen) atoms. The third kappa shape index (κ3) is 5.54. The number of nitrogens with zero attached hydrogens (tertiary/aromatic N) is 1. The van der Waals surface area contributed by atoms with Crippen LogP contribution in [0.4, 0.5) is 9.18 Å². The number of benzene rings is 1. The number of hydrogen-bond acceptors (Lipinski definition) is 2. The van der Waals surface area contributed by atoms with Crippen molar-refractivity contribution in [2.45, 2.75) is 32.7 Å². The van der Waals surface area contributed by atoms with Crippen LogP contribution >= 0.6 is 0 Å². The van der Waals surface area contributed by atoms with E-state index in [0.29, 0.717) is 32.0 Å². The van der Waals surface area contributed by atoms with E-state index in [9.17, 15) is 14.0 Å². The highest BCUT2D eigenvalue weighted by Gasteiger charge is 2.23. The van der Waals surface area contributed by atoms with Crippen LogP contribution in [0.15, 0.2) is 24.3 Å². The van der Waals surface area contributed by atoms with Crippen LogP contribution < -0.4 is 10.6 Å². The van der Waals surface area contributed by atoms with Crippen molar-refractivity contribution in [3.63, 3.8) is 0 Å². The molecule has 3 amide bonds. The molecule has 1 aliphatic rings. The summed E-state index contributed by atoms with van der Waals surface area (Å²) >= 11 is 0. The van der Waals surface area contributed by atoms with Gasteiger partial charge in [0.15, 0.2) is 0 Å². The molecule has 1 aromatic rings. The second-order valence-corrected chi connectivity index (χ2v) is 5.90. The van der Waals surface area contributed by atoms with Crippen LogP contribution in [-0.2, 0) is 11.3 Å². The molecular weight excluding hydrogens is 297 g/mol. The van der Waals surface area contributed by atoms with Gasteiger partial charge in [-0.25, -0.2) is 9.18 Å². The summed E-state index contributed by atoms with van der Waals surface area (Å²) in [6, 6.07) is 5.98. The molecule has 0 bridgehead atoms. The Kier molecular flexibility index (Phi) is 6.38. The van der Waals surface area contributed by atoms with E-state index in [1.54, 1.807) is 17.0 Å². The zero-order chi connectivity index (χ0) is 16.7. The van der Waals surface area contributed by atoms with E-state index in [2.05, 4.69) is 10.6 Å². The first-order chi connectivity index (χ1) is 11.1. The molecule has 126 valence electrons. The number of carbonyl (C=O) groups excluding carboxylic acids is 2. The lowest BCUT2D eigenvalue weighted by atomic mass is 9.98. The summed E-state index contributed by atoms with van der Waals surface area (Å²) in [6.45, 7) is 4.21. The number of rotatable bonds is 5. The second kappa shape index (κ2) is 8.50. The molecule has 0 saturated carbocycles. The molecule has 0 aromatic heterocycles. The van der Waals surface area contributed by atoms with Gasteiger partial charge in [0.1, 0.15) is 5.82 Å². The highest BCUT2D eigenvalue weighted by molar-refractivity contribution is 5.75. The maximum absolute atomic E-state index is 12.8. The van der Waals surface area contributed by atoms with Gasteiger partial charge in [-0.1, -0.05) is 19.1 Å². The van der Waals surface area contributed by atoms with E-state index in [4.69, 9.17) is 0 Å². The smallest absolute Gasteiger partial charge is 0.317 e. The number of amides is 3. The summed E-state index contributed by atoms with van der Waals surface area (Å²) in [4.78, 5) is 25.3. The van der Waals surface area contributed by atoms with Gasteiger partial charge in [0.05, 0.1) is 0 Å². The molecule has 1 saturated heterocycles. The minimum Gasteiger partial charge on any atom is -0.356 e. The zero-order valence-electron chi connectivity index (χ0n) is 13.5.